The normalized spacial score (nSPS) is 10.8. The molecule has 1 aromatic heterocycles. The molecular formula is C16H12O6. The molecule has 1 heterocycles. The van der Waals surface area contributed by atoms with Gasteiger partial charge in [-0.25, -0.2) is 0 Å². The highest BCUT2D eigenvalue weighted by atomic mass is 16.5. The van der Waals surface area contributed by atoms with Crippen LogP contribution in [0.2, 0.25) is 0 Å². The molecule has 6 nitrogen and oxygen atoms in total. The molecule has 0 aliphatic heterocycles. The van der Waals surface area contributed by atoms with Crippen LogP contribution < -0.4 is 10.2 Å². The van der Waals surface area contributed by atoms with Gasteiger partial charge in [0.2, 0.25) is 5.43 Å². The summed E-state index contributed by atoms with van der Waals surface area (Å²) in [6, 6.07) is 8.29. The van der Waals surface area contributed by atoms with Gasteiger partial charge in [-0.3, -0.25) is 4.79 Å². The average molecular weight is 300 g/mol. The highest BCUT2D eigenvalue weighted by Crippen LogP contribution is 2.37. The zero-order chi connectivity index (χ0) is 15.9. The Bertz CT molecular complexity index is 926. The summed E-state index contributed by atoms with van der Waals surface area (Å²) in [7, 11) is 1.45. The maximum absolute atomic E-state index is 12.5. The Kier molecular flexibility index (Phi) is 3.14. The number of phenolic OH excluding ortho intramolecular Hbond substituents is 2. The summed E-state index contributed by atoms with van der Waals surface area (Å²) >= 11 is 0. The van der Waals surface area contributed by atoms with Crippen LogP contribution in [0.4, 0.5) is 0 Å². The first-order valence-corrected chi connectivity index (χ1v) is 6.37. The second kappa shape index (κ2) is 5.00. The van der Waals surface area contributed by atoms with E-state index in [1.165, 1.54) is 37.4 Å². The number of methoxy groups -OCH3 is 1. The van der Waals surface area contributed by atoms with Crippen molar-refractivity contribution >= 4 is 11.0 Å². The van der Waals surface area contributed by atoms with Gasteiger partial charge in [0.25, 0.3) is 5.95 Å². The minimum Gasteiger partial charge on any atom is -0.508 e. The Morgan fingerprint density at radius 1 is 1.05 bits per heavy atom. The lowest BCUT2D eigenvalue weighted by molar-refractivity contribution is 0.341. The first-order valence-electron chi connectivity index (χ1n) is 6.37. The van der Waals surface area contributed by atoms with Gasteiger partial charge in [-0.2, -0.15) is 0 Å². The fraction of sp³-hybridized carbons (Fsp3) is 0.0625. The molecule has 0 aliphatic carbocycles. The highest BCUT2D eigenvalue weighted by Gasteiger charge is 2.19. The highest BCUT2D eigenvalue weighted by molar-refractivity contribution is 5.86. The second-order valence-corrected chi connectivity index (χ2v) is 4.67. The molecule has 0 unspecified atom stereocenters. The first kappa shape index (κ1) is 13.8. The quantitative estimate of drug-likeness (QED) is 0.672. The molecule has 0 atom stereocenters. The van der Waals surface area contributed by atoms with Crippen LogP contribution in [-0.2, 0) is 0 Å². The van der Waals surface area contributed by atoms with E-state index < -0.39 is 11.4 Å². The van der Waals surface area contributed by atoms with Gasteiger partial charge in [-0.1, -0.05) is 0 Å². The number of hydrogen-bond acceptors (Lipinski definition) is 6. The van der Waals surface area contributed by atoms with Gasteiger partial charge >= 0.3 is 0 Å². The Balaban J connectivity index is 2.32. The summed E-state index contributed by atoms with van der Waals surface area (Å²) in [5.41, 5.74) is -0.487. The van der Waals surface area contributed by atoms with Crippen LogP contribution in [0.25, 0.3) is 22.1 Å². The molecule has 0 radical (unpaired) electrons. The smallest absolute Gasteiger partial charge is 0.294 e. The predicted octanol–water partition coefficient (Wildman–Crippen LogP) is 2.59. The molecule has 0 spiro atoms. The number of hydrogen-bond donors (Lipinski definition) is 3. The van der Waals surface area contributed by atoms with Crippen molar-refractivity contribution in [2.45, 2.75) is 0 Å². The summed E-state index contributed by atoms with van der Waals surface area (Å²) in [5, 5.41) is 29.6. The van der Waals surface area contributed by atoms with Gasteiger partial charge < -0.3 is 24.5 Å². The third-order valence-electron chi connectivity index (χ3n) is 3.33. The molecule has 0 fully saturated rings. The fourth-order valence-corrected chi connectivity index (χ4v) is 2.26. The van der Waals surface area contributed by atoms with E-state index in [0.29, 0.717) is 5.75 Å². The number of aromatic hydroxyl groups is 3. The molecule has 0 bridgehead atoms. The van der Waals surface area contributed by atoms with E-state index >= 15 is 0 Å². The molecule has 0 saturated heterocycles. The van der Waals surface area contributed by atoms with Gasteiger partial charge in [0, 0.05) is 17.7 Å². The lowest BCUT2D eigenvalue weighted by atomic mass is 10.0. The topological polar surface area (TPSA) is 100 Å². The van der Waals surface area contributed by atoms with Crippen molar-refractivity contribution in [3.63, 3.8) is 0 Å². The van der Waals surface area contributed by atoms with E-state index in [2.05, 4.69) is 0 Å². The van der Waals surface area contributed by atoms with E-state index in [1.807, 2.05) is 0 Å². The van der Waals surface area contributed by atoms with E-state index in [0.717, 1.165) is 0 Å². The zero-order valence-corrected chi connectivity index (χ0v) is 11.5. The largest absolute Gasteiger partial charge is 0.508 e. The minimum absolute atomic E-state index is 0.0549. The Morgan fingerprint density at radius 2 is 1.82 bits per heavy atom. The minimum atomic E-state index is -0.636. The number of rotatable bonds is 2. The van der Waals surface area contributed by atoms with Crippen molar-refractivity contribution in [1.29, 1.82) is 0 Å². The third-order valence-corrected chi connectivity index (χ3v) is 3.33. The lowest BCUT2D eigenvalue weighted by Crippen LogP contribution is -2.05. The van der Waals surface area contributed by atoms with Crippen LogP contribution >= 0.6 is 0 Å². The van der Waals surface area contributed by atoms with Crippen LogP contribution in [0.15, 0.2) is 45.6 Å². The zero-order valence-electron chi connectivity index (χ0n) is 11.5. The van der Waals surface area contributed by atoms with Gasteiger partial charge in [0.05, 0.1) is 12.5 Å². The monoisotopic (exact) mass is 300 g/mol. The lowest BCUT2D eigenvalue weighted by Gasteiger charge is -2.08. The Labute approximate surface area is 124 Å². The van der Waals surface area contributed by atoms with Crippen LogP contribution in [0.1, 0.15) is 0 Å². The summed E-state index contributed by atoms with van der Waals surface area (Å²) in [6.45, 7) is 0. The van der Waals surface area contributed by atoms with Gasteiger partial charge in [0.15, 0.2) is 0 Å². The second-order valence-electron chi connectivity index (χ2n) is 4.67. The van der Waals surface area contributed by atoms with Gasteiger partial charge in [-0.05, 0) is 24.3 Å². The maximum atomic E-state index is 12.5. The van der Waals surface area contributed by atoms with Gasteiger partial charge in [-0.15, -0.1) is 0 Å². The standard InChI is InChI=1S/C16H12O6/c1-21-9-3-5-10(12(18)7-9)14-15(19)11-4-2-8(17)6-13(11)22-16(14)20/h2-7,17-18,20H,1H3. The van der Waals surface area contributed by atoms with Crippen molar-refractivity contribution in [1.82, 2.24) is 0 Å². The van der Waals surface area contributed by atoms with Crippen molar-refractivity contribution in [3.05, 3.63) is 46.6 Å². The van der Waals surface area contributed by atoms with Crippen LogP contribution in [-0.4, -0.2) is 22.4 Å². The molecule has 112 valence electrons. The Morgan fingerprint density at radius 3 is 2.50 bits per heavy atom. The summed E-state index contributed by atoms with van der Waals surface area (Å²) in [4.78, 5) is 12.5. The van der Waals surface area contributed by atoms with Crippen LogP contribution in [0.3, 0.4) is 0 Å². The molecule has 0 amide bonds. The molecule has 3 rings (SSSR count). The Hall–Kier alpha value is -3.15. The molecule has 3 aromatic rings. The number of fused-ring (bicyclic) bond motifs is 1. The molecule has 0 aliphatic rings. The van der Waals surface area contributed by atoms with E-state index in [9.17, 15) is 20.1 Å². The van der Waals surface area contributed by atoms with E-state index in [1.54, 1.807) is 6.07 Å². The number of benzene rings is 2. The van der Waals surface area contributed by atoms with Crippen molar-refractivity contribution in [2.75, 3.05) is 7.11 Å². The molecule has 6 heteroatoms. The summed E-state index contributed by atoms with van der Waals surface area (Å²) in [5.74, 6) is -0.533. The molecule has 3 N–H and O–H groups in total. The van der Waals surface area contributed by atoms with Crippen LogP contribution in [0, 0.1) is 0 Å². The molecule has 22 heavy (non-hydrogen) atoms. The predicted molar refractivity (Wildman–Crippen MR) is 79.5 cm³/mol. The molecular weight excluding hydrogens is 288 g/mol. The van der Waals surface area contributed by atoms with Crippen LogP contribution in [0.5, 0.6) is 23.2 Å². The maximum Gasteiger partial charge on any atom is 0.294 e. The summed E-state index contributed by atoms with van der Waals surface area (Å²) in [6.07, 6.45) is 0. The number of phenols is 2. The first-order chi connectivity index (χ1) is 10.5. The SMILES string of the molecule is COc1ccc(-c2c(O)oc3cc(O)ccc3c2=O)c(O)c1. The number of ether oxygens (including phenoxy) is 1. The fourth-order valence-electron chi connectivity index (χ4n) is 2.26. The van der Waals surface area contributed by atoms with E-state index in [4.69, 9.17) is 9.15 Å². The molecule has 2 aromatic carbocycles. The van der Waals surface area contributed by atoms with Crippen molar-refractivity contribution < 1.29 is 24.5 Å². The van der Waals surface area contributed by atoms with Crippen molar-refractivity contribution in [3.8, 4) is 34.3 Å². The molecule has 0 saturated carbocycles. The average Bonchev–Trinajstić information content (AvgIpc) is 2.48. The van der Waals surface area contributed by atoms with Crippen molar-refractivity contribution in [2.24, 2.45) is 0 Å². The summed E-state index contributed by atoms with van der Waals surface area (Å²) < 4.78 is 10.2. The third kappa shape index (κ3) is 2.10. The van der Waals surface area contributed by atoms with E-state index in [-0.39, 0.29) is 33.6 Å². The van der Waals surface area contributed by atoms with Gasteiger partial charge in [0.1, 0.15) is 28.4 Å².